The van der Waals surface area contributed by atoms with E-state index in [2.05, 4.69) is 36.6 Å². The standard InChI is InChI=1S/C13H10Br2FNO3S/c14-9-2-1-3-10(15)13(9)17-21(19,20)12-5-4-8(7-18)6-11(12)16/h1-6,17-18H,7H2. The molecule has 2 aromatic rings. The first-order valence-corrected chi connectivity index (χ1v) is 8.78. The summed E-state index contributed by atoms with van der Waals surface area (Å²) in [7, 11) is -4.08. The normalized spacial score (nSPS) is 11.4. The third-order valence-electron chi connectivity index (χ3n) is 2.67. The molecule has 0 unspecified atom stereocenters. The van der Waals surface area contributed by atoms with Crippen LogP contribution in [0.15, 0.2) is 50.2 Å². The SMILES string of the molecule is O=S(=O)(Nc1c(Br)cccc1Br)c1ccc(CO)cc1F. The number of hydrogen-bond donors (Lipinski definition) is 2. The summed E-state index contributed by atoms with van der Waals surface area (Å²) in [6.45, 7) is -0.361. The van der Waals surface area contributed by atoms with Crippen LogP contribution in [0.4, 0.5) is 10.1 Å². The van der Waals surface area contributed by atoms with Crippen molar-refractivity contribution in [3.05, 3.63) is 56.7 Å². The third-order valence-corrected chi connectivity index (χ3v) is 5.37. The molecule has 0 aliphatic carbocycles. The second-order valence-corrected chi connectivity index (χ2v) is 7.48. The predicted octanol–water partition coefficient (Wildman–Crippen LogP) is 3.64. The summed E-state index contributed by atoms with van der Waals surface area (Å²) in [4.78, 5) is -0.484. The Bertz CT molecular complexity index is 761. The number of anilines is 1. The number of nitrogens with one attached hydrogen (secondary N) is 1. The van der Waals surface area contributed by atoms with Crippen molar-refractivity contribution < 1.29 is 17.9 Å². The molecule has 2 aromatic carbocycles. The van der Waals surface area contributed by atoms with Gasteiger partial charge in [-0.05, 0) is 61.7 Å². The van der Waals surface area contributed by atoms with Gasteiger partial charge in [0, 0.05) is 8.95 Å². The molecule has 0 aromatic heterocycles. The summed E-state index contributed by atoms with van der Waals surface area (Å²) in [6, 6.07) is 8.51. The molecule has 0 heterocycles. The van der Waals surface area contributed by atoms with Crippen molar-refractivity contribution in [3.63, 3.8) is 0 Å². The van der Waals surface area contributed by atoms with Crippen molar-refractivity contribution in [1.82, 2.24) is 0 Å². The Labute approximate surface area is 138 Å². The monoisotopic (exact) mass is 437 g/mol. The molecule has 4 nitrogen and oxygen atoms in total. The summed E-state index contributed by atoms with van der Waals surface area (Å²) < 4.78 is 41.8. The van der Waals surface area contributed by atoms with E-state index in [-0.39, 0.29) is 12.3 Å². The number of hydrogen-bond acceptors (Lipinski definition) is 3. The van der Waals surface area contributed by atoms with Gasteiger partial charge in [0.25, 0.3) is 10.0 Å². The van der Waals surface area contributed by atoms with Crippen LogP contribution in [-0.2, 0) is 16.6 Å². The van der Waals surface area contributed by atoms with E-state index in [0.717, 1.165) is 12.1 Å². The van der Waals surface area contributed by atoms with Gasteiger partial charge in [0.05, 0.1) is 12.3 Å². The van der Waals surface area contributed by atoms with Gasteiger partial charge in [-0.15, -0.1) is 0 Å². The maximum absolute atomic E-state index is 13.9. The van der Waals surface area contributed by atoms with Crippen LogP contribution in [0.1, 0.15) is 5.56 Å². The highest BCUT2D eigenvalue weighted by Crippen LogP contribution is 2.32. The molecule has 112 valence electrons. The average molecular weight is 439 g/mol. The van der Waals surface area contributed by atoms with E-state index in [4.69, 9.17) is 5.11 Å². The van der Waals surface area contributed by atoms with E-state index < -0.39 is 20.7 Å². The minimum Gasteiger partial charge on any atom is -0.392 e. The number of aliphatic hydroxyl groups excluding tert-OH is 1. The lowest BCUT2D eigenvalue weighted by Crippen LogP contribution is -2.15. The number of sulfonamides is 1. The molecule has 0 aliphatic rings. The van der Waals surface area contributed by atoms with Crippen LogP contribution in [0, 0.1) is 5.82 Å². The van der Waals surface area contributed by atoms with Crippen LogP contribution in [0.2, 0.25) is 0 Å². The molecule has 2 N–H and O–H groups in total. The minimum absolute atomic E-state index is 0.281. The lowest BCUT2D eigenvalue weighted by atomic mass is 10.2. The van der Waals surface area contributed by atoms with Gasteiger partial charge in [-0.2, -0.15) is 0 Å². The molecule has 0 saturated carbocycles. The first-order chi connectivity index (χ1) is 9.85. The van der Waals surface area contributed by atoms with Crippen molar-refractivity contribution in [1.29, 1.82) is 0 Å². The Morgan fingerprint density at radius 1 is 1.14 bits per heavy atom. The zero-order chi connectivity index (χ0) is 15.6. The van der Waals surface area contributed by atoms with Crippen LogP contribution in [0.25, 0.3) is 0 Å². The number of benzene rings is 2. The molecular formula is C13H10Br2FNO3S. The van der Waals surface area contributed by atoms with Crippen molar-refractivity contribution in [2.45, 2.75) is 11.5 Å². The van der Waals surface area contributed by atoms with E-state index in [1.165, 1.54) is 6.07 Å². The highest BCUT2D eigenvalue weighted by Gasteiger charge is 2.21. The molecule has 0 saturated heterocycles. The van der Waals surface area contributed by atoms with Crippen LogP contribution in [0.3, 0.4) is 0 Å². The van der Waals surface area contributed by atoms with Crippen molar-refractivity contribution in [2.75, 3.05) is 4.72 Å². The van der Waals surface area contributed by atoms with E-state index in [0.29, 0.717) is 14.5 Å². The smallest absolute Gasteiger partial charge is 0.264 e. The Morgan fingerprint density at radius 3 is 2.29 bits per heavy atom. The Balaban J connectivity index is 2.44. The zero-order valence-corrected chi connectivity index (χ0v) is 14.5. The van der Waals surface area contributed by atoms with Gasteiger partial charge in [0.2, 0.25) is 0 Å². The average Bonchev–Trinajstić information content (AvgIpc) is 2.42. The molecule has 0 aliphatic heterocycles. The maximum atomic E-state index is 13.9. The van der Waals surface area contributed by atoms with Gasteiger partial charge < -0.3 is 5.11 Å². The number of para-hydroxylation sites is 1. The van der Waals surface area contributed by atoms with Crippen molar-refractivity contribution in [3.8, 4) is 0 Å². The van der Waals surface area contributed by atoms with Gasteiger partial charge in [-0.1, -0.05) is 12.1 Å². The van der Waals surface area contributed by atoms with Crippen LogP contribution >= 0.6 is 31.9 Å². The third kappa shape index (κ3) is 3.63. The largest absolute Gasteiger partial charge is 0.392 e. The molecule has 0 bridgehead atoms. The molecule has 21 heavy (non-hydrogen) atoms. The van der Waals surface area contributed by atoms with Gasteiger partial charge in [-0.25, -0.2) is 12.8 Å². The fraction of sp³-hybridized carbons (Fsp3) is 0.0769. The molecule has 2 rings (SSSR count). The van der Waals surface area contributed by atoms with Crippen LogP contribution in [0.5, 0.6) is 0 Å². The predicted molar refractivity (Wildman–Crippen MR) is 85.0 cm³/mol. The molecule has 0 atom stereocenters. The number of halogens is 3. The van der Waals surface area contributed by atoms with Gasteiger partial charge >= 0.3 is 0 Å². The molecule has 8 heteroatoms. The summed E-state index contributed by atoms with van der Waals surface area (Å²) >= 11 is 6.46. The molecule has 0 amide bonds. The van der Waals surface area contributed by atoms with E-state index in [1.807, 2.05) is 0 Å². The van der Waals surface area contributed by atoms with Gasteiger partial charge in [-0.3, -0.25) is 4.72 Å². The topological polar surface area (TPSA) is 66.4 Å². The van der Waals surface area contributed by atoms with E-state index in [1.54, 1.807) is 18.2 Å². The van der Waals surface area contributed by atoms with Gasteiger partial charge in [0.1, 0.15) is 10.7 Å². The second-order valence-electron chi connectivity index (χ2n) is 4.13. The highest BCUT2D eigenvalue weighted by atomic mass is 79.9. The fourth-order valence-electron chi connectivity index (χ4n) is 1.65. The van der Waals surface area contributed by atoms with Gasteiger partial charge in [0.15, 0.2) is 0 Å². The van der Waals surface area contributed by atoms with Crippen LogP contribution in [-0.4, -0.2) is 13.5 Å². The Kier molecular flexibility index (Phi) is 5.03. The summed E-state index contributed by atoms with van der Waals surface area (Å²) in [5, 5.41) is 8.92. The summed E-state index contributed by atoms with van der Waals surface area (Å²) in [5.41, 5.74) is 0.580. The van der Waals surface area contributed by atoms with Crippen LogP contribution < -0.4 is 4.72 Å². The summed E-state index contributed by atoms with van der Waals surface area (Å²) in [5.74, 6) is -0.919. The highest BCUT2D eigenvalue weighted by molar-refractivity contribution is 9.11. The molecular weight excluding hydrogens is 429 g/mol. The maximum Gasteiger partial charge on any atom is 0.264 e. The summed E-state index contributed by atoms with van der Waals surface area (Å²) in [6.07, 6.45) is 0. The fourth-order valence-corrected chi connectivity index (χ4v) is 4.27. The zero-order valence-electron chi connectivity index (χ0n) is 10.5. The molecule has 0 spiro atoms. The minimum atomic E-state index is -4.08. The lowest BCUT2D eigenvalue weighted by Gasteiger charge is -2.12. The first-order valence-electron chi connectivity index (χ1n) is 5.71. The molecule has 0 fully saturated rings. The number of rotatable bonds is 4. The van der Waals surface area contributed by atoms with Crippen molar-refractivity contribution >= 4 is 47.6 Å². The Hall–Kier alpha value is -0.960. The first kappa shape index (κ1) is 16.4. The second kappa shape index (κ2) is 6.43. The van der Waals surface area contributed by atoms with E-state index >= 15 is 0 Å². The van der Waals surface area contributed by atoms with Crippen molar-refractivity contribution in [2.24, 2.45) is 0 Å². The van der Waals surface area contributed by atoms with E-state index in [9.17, 15) is 12.8 Å². The molecule has 0 radical (unpaired) electrons. The quantitative estimate of drug-likeness (QED) is 0.765. The Morgan fingerprint density at radius 2 is 1.76 bits per heavy atom. The number of aliphatic hydroxyl groups is 1. The lowest BCUT2D eigenvalue weighted by molar-refractivity contribution is 0.281.